The normalized spacial score (nSPS) is 11.6. The number of rotatable bonds is 9. The second-order valence-electron chi connectivity index (χ2n) is 9.10. The lowest BCUT2D eigenvalue weighted by Gasteiger charge is -2.20. The van der Waals surface area contributed by atoms with Gasteiger partial charge < -0.3 is 14.8 Å². The summed E-state index contributed by atoms with van der Waals surface area (Å²) in [6.07, 6.45) is 2.79. The van der Waals surface area contributed by atoms with Crippen molar-refractivity contribution >= 4 is 40.0 Å². The minimum atomic E-state index is -0.916. The van der Waals surface area contributed by atoms with Crippen LogP contribution in [0.4, 0.5) is 4.79 Å². The Balaban J connectivity index is 1.39. The summed E-state index contributed by atoms with van der Waals surface area (Å²) in [5, 5.41) is 6.75. The third-order valence-electron chi connectivity index (χ3n) is 5.80. The van der Waals surface area contributed by atoms with Crippen molar-refractivity contribution in [1.82, 2.24) is 26.1 Å². The number of hydrogen-bond donors (Lipinski definition) is 3. The van der Waals surface area contributed by atoms with Crippen LogP contribution in [0.15, 0.2) is 66.3 Å². The number of pyridine rings is 1. The quantitative estimate of drug-likeness (QED) is 0.264. The van der Waals surface area contributed by atoms with E-state index in [2.05, 4.69) is 26.1 Å². The highest BCUT2D eigenvalue weighted by atomic mass is 32.1. The van der Waals surface area contributed by atoms with E-state index in [1.807, 2.05) is 50.2 Å². The second kappa shape index (κ2) is 12.8. The number of nitrogens with one attached hydrogen (secondary N) is 3. The lowest BCUT2D eigenvalue weighted by Crippen LogP contribution is -2.52. The summed E-state index contributed by atoms with van der Waals surface area (Å²) >= 11 is 1.29. The molecular weight excluding hydrogens is 518 g/mol. The Kier molecular flexibility index (Phi) is 9.06. The van der Waals surface area contributed by atoms with Crippen LogP contribution in [-0.2, 0) is 16.1 Å². The van der Waals surface area contributed by atoms with Gasteiger partial charge in [-0.05, 0) is 46.9 Å². The number of amides is 3. The molecular formula is C28H29N5O5S. The molecule has 0 bridgehead atoms. The lowest BCUT2D eigenvalue weighted by molar-refractivity contribution is -0.124. The first kappa shape index (κ1) is 27.5. The Hall–Kier alpha value is -4.51. The van der Waals surface area contributed by atoms with Gasteiger partial charge in [0.15, 0.2) is 0 Å². The van der Waals surface area contributed by atoms with E-state index in [0.29, 0.717) is 17.2 Å². The van der Waals surface area contributed by atoms with Gasteiger partial charge in [0.2, 0.25) is 0 Å². The third kappa shape index (κ3) is 7.08. The first-order valence-corrected chi connectivity index (χ1v) is 13.2. The Morgan fingerprint density at radius 1 is 1.00 bits per heavy atom. The Morgan fingerprint density at radius 2 is 1.77 bits per heavy atom. The molecule has 0 saturated heterocycles. The molecule has 0 radical (unpaired) electrons. The van der Waals surface area contributed by atoms with Crippen molar-refractivity contribution in [2.24, 2.45) is 5.92 Å². The molecule has 0 aliphatic carbocycles. The molecule has 2 aromatic carbocycles. The van der Waals surface area contributed by atoms with E-state index in [1.54, 1.807) is 37.0 Å². The van der Waals surface area contributed by atoms with Crippen molar-refractivity contribution in [3.8, 4) is 16.3 Å². The van der Waals surface area contributed by atoms with Gasteiger partial charge in [-0.15, -0.1) is 11.3 Å². The van der Waals surface area contributed by atoms with E-state index in [-0.39, 0.29) is 18.2 Å². The zero-order valence-electron chi connectivity index (χ0n) is 21.8. The summed E-state index contributed by atoms with van der Waals surface area (Å²) in [5.41, 5.74) is 6.47. The molecule has 4 aromatic rings. The van der Waals surface area contributed by atoms with Crippen LogP contribution < -0.4 is 20.9 Å². The minimum Gasteiger partial charge on any atom is -0.496 e. The molecule has 0 aliphatic rings. The molecule has 39 heavy (non-hydrogen) atoms. The molecule has 0 saturated carbocycles. The van der Waals surface area contributed by atoms with Crippen LogP contribution in [-0.4, -0.2) is 41.0 Å². The number of benzene rings is 2. The first-order chi connectivity index (χ1) is 18.9. The predicted molar refractivity (Wildman–Crippen MR) is 148 cm³/mol. The molecule has 2 aromatic heterocycles. The number of nitrogens with zero attached hydrogens (tertiary/aromatic N) is 2. The minimum absolute atomic E-state index is 0.0365. The standard InChI is InChI=1S/C28H29N5O5S/c1-17(2)14-21(31-28(36)38-15-18-10-12-29-13-11-18)25(34)32-33-26(35)22-16-39-27(30-22)24-20-7-5-4-6-19(20)8-9-23(24)37-3/h4-13,16-17,21H,14-15H2,1-3H3,(H,31,36)(H,32,34)(H,33,35)/t21-/m0/s1. The summed E-state index contributed by atoms with van der Waals surface area (Å²) in [5.74, 6) is -0.437. The fourth-order valence-electron chi connectivity index (χ4n) is 3.92. The number of carbonyl (C=O) groups excluding carboxylic acids is 3. The number of methoxy groups -OCH3 is 1. The molecule has 3 amide bonds. The largest absolute Gasteiger partial charge is 0.496 e. The summed E-state index contributed by atoms with van der Waals surface area (Å²) in [6, 6.07) is 14.2. The van der Waals surface area contributed by atoms with Gasteiger partial charge in [0, 0.05) is 17.8 Å². The van der Waals surface area contributed by atoms with Gasteiger partial charge in [-0.1, -0.05) is 44.2 Å². The van der Waals surface area contributed by atoms with Gasteiger partial charge in [-0.2, -0.15) is 0 Å². The van der Waals surface area contributed by atoms with E-state index >= 15 is 0 Å². The van der Waals surface area contributed by atoms with Crippen LogP contribution in [0, 0.1) is 5.92 Å². The SMILES string of the molecule is COc1ccc2ccccc2c1-c1nc(C(=O)NNC(=O)[C@H](CC(C)C)NC(=O)OCc2ccncc2)cs1. The molecule has 4 rings (SSSR count). The summed E-state index contributed by atoms with van der Waals surface area (Å²) in [6.45, 7) is 3.87. The zero-order chi connectivity index (χ0) is 27.8. The number of aromatic nitrogens is 2. The van der Waals surface area contributed by atoms with Crippen LogP contribution in [0.5, 0.6) is 5.75 Å². The fourth-order valence-corrected chi connectivity index (χ4v) is 4.78. The predicted octanol–water partition coefficient (Wildman–Crippen LogP) is 4.47. The van der Waals surface area contributed by atoms with E-state index in [1.165, 1.54) is 11.3 Å². The maximum Gasteiger partial charge on any atom is 0.408 e. The van der Waals surface area contributed by atoms with Gasteiger partial charge in [0.25, 0.3) is 11.8 Å². The molecule has 10 nitrogen and oxygen atoms in total. The van der Waals surface area contributed by atoms with Crippen LogP contribution >= 0.6 is 11.3 Å². The average Bonchev–Trinajstić information content (AvgIpc) is 3.44. The van der Waals surface area contributed by atoms with Crippen LogP contribution in [0.25, 0.3) is 21.3 Å². The number of fused-ring (bicyclic) bond motifs is 1. The van der Waals surface area contributed by atoms with E-state index < -0.39 is 23.9 Å². The van der Waals surface area contributed by atoms with Crippen molar-refractivity contribution in [1.29, 1.82) is 0 Å². The van der Waals surface area contributed by atoms with E-state index in [4.69, 9.17) is 9.47 Å². The summed E-state index contributed by atoms with van der Waals surface area (Å²) < 4.78 is 10.8. The highest BCUT2D eigenvalue weighted by Crippen LogP contribution is 2.38. The average molecular weight is 548 g/mol. The number of alkyl carbamates (subject to hydrolysis) is 1. The number of carbonyl (C=O) groups is 3. The van der Waals surface area contributed by atoms with E-state index in [0.717, 1.165) is 21.9 Å². The van der Waals surface area contributed by atoms with Crippen molar-refractivity contribution in [3.05, 3.63) is 77.6 Å². The zero-order valence-corrected chi connectivity index (χ0v) is 22.6. The molecule has 11 heteroatoms. The third-order valence-corrected chi connectivity index (χ3v) is 6.66. The van der Waals surface area contributed by atoms with Crippen LogP contribution in [0.3, 0.4) is 0 Å². The molecule has 202 valence electrons. The molecule has 3 N–H and O–H groups in total. The molecule has 0 unspecified atom stereocenters. The topological polar surface area (TPSA) is 132 Å². The van der Waals surface area contributed by atoms with Gasteiger partial charge in [-0.25, -0.2) is 9.78 Å². The Bertz CT molecular complexity index is 1460. The smallest absolute Gasteiger partial charge is 0.408 e. The number of hydrogen-bond acceptors (Lipinski definition) is 8. The Labute approximate surface area is 229 Å². The first-order valence-electron chi connectivity index (χ1n) is 12.3. The molecule has 0 fully saturated rings. The molecule has 0 aliphatic heterocycles. The number of ether oxygens (including phenoxy) is 2. The van der Waals surface area contributed by atoms with Gasteiger partial charge in [0.1, 0.15) is 29.1 Å². The van der Waals surface area contributed by atoms with Gasteiger partial charge >= 0.3 is 6.09 Å². The lowest BCUT2D eigenvalue weighted by atomic mass is 10.0. The summed E-state index contributed by atoms with van der Waals surface area (Å²) in [4.78, 5) is 46.4. The molecule has 1 atom stereocenters. The monoisotopic (exact) mass is 547 g/mol. The van der Waals surface area contributed by atoms with Gasteiger partial charge in [0.05, 0.1) is 12.7 Å². The van der Waals surface area contributed by atoms with Crippen molar-refractivity contribution in [3.63, 3.8) is 0 Å². The Morgan fingerprint density at radius 3 is 2.51 bits per heavy atom. The molecule has 2 heterocycles. The second-order valence-corrected chi connectivity index (χ2v) is 9.96. The summed E-state index contributed by atoms with van der Waals surface area (Å²) in [7, 11) is 1.58. The highest BCUT2D eigenvalue weighted by Gasteiger charge is 2.24. The maximum atomic E-state index is 12.8. The van der Waals surface area contributed by atoms with Crippen molar-refractivity contribution in [2.75, 3.05) is 7.11 Å². The van der Waals surface area contributed by atoms with Crippen molar-refractivity contribution in [2.45, 2.75) is 32.9 Å². The molecule has 0 spiro atoms. The van der Waals surface area contributed by atoms with Gasteiger partial charge in [-0.3, -0.25) is 25.4 Å². The van der Waals surface area contributed by atoms with Crippen LogP contribution in [0.1, 0.15) is 36.3 Å². The van der Waals surface area contributed by atoms with Crippen molar-refractivity contribution < 1.29 is 23.9 Å². The number of thiazole rings is 1. The number of hydrazine groups is 1. The van der Waals surface area contributed by atoms with Crippen LogP contribution in [0.2, 0.25) is 0 Å². The highest BCUT2D eigenvalue weighted by molar-refractivity contribution is 7.13. The van der Waals surface area contributed by atoms with E-state index in [9.17, 15) is 14.4 Å². The fraction of sp³-hybridized carbons (Fsp3) is 0.250. The maximum absolute atomic E-state index is 12.8.